The van der Waals surface area contributed by atoms with Gasteiger partial charge in [-0.05, 0) is 43.5 Å². The summed E-state index contributed by atoms with van der Waals surface area (Å²) in [5, 5.41) is 8.63. The molecule has 2 aliphatic heterocycles. The fourth-order valence-corrected chi connectivity index (χ4v) is 4.58. The van der Waals surface area contributed by atoms with Gasteiger partial charge in [-0.15, -0.1) is 24.2 Å². The van der Waals surface area contributed by atoms with Crippen LogP contribution in [-0.2, 0) is 14.8 Å². The summed E-state index contributed by atoms with van der Waals surface area (Å²) in [6.07, 6.45) is 3.45. The van der Waals surface area contributed by atoms with Crippen molar-refractivity contribution in [2.24, 2.45) is 5.14 Å². The Hall–Kier alpha value is -1.00. The summed E-state index contributed by atoms with van der Waals surface area (Å²) in [6.45, 7) is 2.13. The lowest BCUT2D eigenvalue weighted by Gasteiger charge is -2.24. The number of carbonyl (C=O) groups excluding carboxylic acids is 1. The van der Waals surface area contributed by atoms with Gasteiger partial charge in [0.25, 0.3) is 0 Å². The molecule has 1 aromatic carbocycles. The molecule has 27 heavy (non-hydrogen) atoms. The molecular formula is C17H26ClN3O4S2. The van der Waals surface area contributed by atoms with Crippen molar-refractivity contribution in [1.29, 1.82) is 0 Å². The zero-order chi connectivity index (χ0) is 18.6. The van der Waals surface area contributed by atoms with Gasteiger partial charge in [0.1, 0.15) is 5.75 Å². The standard InChI is InChI=1S/C17H25N3O4S2.ClH/c18-26(22,23)16-5-3-15(4-6-16)24-9-10-25-12-17(21)20-8-7-13-1-2-14(11-20)19-13;/h3-6,13-14,19H,1-2,7-12H2,(H2,18,22,23);1H. The highest BCUT2D eigenvalue weighted by Gasteiger charge is 2.30. The van der Waals surface area contributed by atoms with Gasteiger partial charge in [-0.1, -0.05) is 0 Å². The fourth-order valence-electron chi connectivity index (χ4n) is 3.36. The van der Waals surface area contributed by atoms with Crippen LogP contribution in [0, 0.1) is 0 Å². The molecule has 1 aromatic rings. The van der Waals surface area contributed by atoms with Crippen molar-refractivity contribution in [3.63, 3.8) is 0 Å². The first-order valence-electron chi connectivity index (χ1n) is 8.79. The van der Waals surface area contributed by atoms with Gasteiger partial charge < -0.3 is 15.0 Å². The number of nitrogens with zero attached hydrogens (tertiary/aromatic N) is 1. The van der Waals surface area contributed by atoms with Crippen molar-refractivity contribution in [2.45, 2.75) is 36.2 Å². The minimum absolute atomic E-state index is 0. The number of hydrogen-bond donors (Lipinski definition) is 2. The lowest BCUT2D eigenvalue weighted by atomic mass is 10.1. The monoisotopic (exact) mass is 435 g/mol. The number of sulfonamides is 1. The summed E-state index contributed by atoms with van der Waals surface area (Å²) in [6, 6.07) is 7.04. The Bertz CT molecular complexity index is 730. The number of likely N-dealkylation sites (tertiary alicyclic amines) is 1. The van der Waals surface area contributed by atoms with E-state index in [0.717, 1.165) is 19.5 Å². The van der Waals surface area contributed by atoms with Gasteiger partial charge in [0.05, 0.1) is 17.3 Å². The van der Waals surface area contributed by atoms with E-state index in [9.17, 15) is 13.2 Å². The normalized spacial score (nSPS) is 22.0. The molecule has 3 rings (SSSR count). The molecular weight excluding hydrogens is 410 g/mol. The van der Waals surface area contributed by atoms with E-state index < -0.39 is 10.0 Å². The van der Waals surface area contributed by atoms with E-state index in [1.807, 2.05) is 4.90 Å². The van der Waals surface area contributed by atoms with E-state index in [2.05, 4.69) is 5.32 Å². The number of hydrogen-bond acceptors (Lipinski definition) is 6. The lowest BCUT2D eigenvalue weighted by molar-refractivity contribution is -0.128. The number of benzene rings is 1. The topological polar surface area (TPSA) is 102 Å². The molecule has 2 fully saturated rings. The number of fused-ring (bicyclic) bond motifs is 2. The molecule has 7 nitrogen and oxygen atoms in total. The van der Waals surface area contributed by atoms with Crippen LogP contribution in [0.1, 0.15) is 19.3 Å². The number of halogens is 1. The summed E-state index contributed by atoms with van der Waals surface area (Å²) in [4.78, 5) is 14.4. The van der Waals surface area contributed by atoms with Crippen molar-refractivity contribution in [2.75, 3.05) is 31.2 Å². The second-order valence-electron chi connectivity index (χ2n) is 6.68. The second-order valence-corrected chi connectivity index (χ2v) is 9.35. The lowest BCUT2D eigenvalue weighted by Crippen LogP contribution is -2.40. The first-order chi connectivity index (χ1) is 12.4. The van der Waals surface area contributed by atoms with Crippen molar-refractivity contribution in [1.82, 2.24) is 10.2 Å². The van der Waals surface area contributed by atoms with E-state index in [-0.39, 0.29) is 23.2 Å². The molecule has 2 atom stereocenters. The fraction of sp³-hybridized carbons (Fsp3) is 0.588. The zero-order valence-corrected chi connectivity index (χ0v) is 17.5. The van der Waals surface area contributed by atoms with Gasteiger partial charge in [-0.25, -0.2) is 13.6 Å². The average molecular weight is 436 g/mol. The molecule has 0 spiro atoms. The van der Waals surface area contributed by atoms with E-state index in [1.54, 1.807) is 23.9 Å². The SMILES string of the molecule is Cl.NS(=O)(=O)c1ccc(OCCSCC(=O)N2CCC3CCC(C2)N3)cc1. The maximum atomic E-state index is 12.4. The molecule has 2 saturated heterocycles. The Morgan fingerprint density at radius 2 is 1.93 bits per heavy atom. The Balaban J connectivity index is 0.00000261. The number of carbonyl (C=O) groups is 1. The van der Waals surface area contributed by atoms with Gasteiger partial charge in [0, 0.05) is 30.9 Å². The zero-order valence-electron chi connectivity index (χ0n) is 15.0. The van der Waals surface area contributed by atoms with E-state index in [1.165, 1.54) is 25.0 Å². The van der Waals surface area contributed by atoms with Crippen LogP contribution in [0.4, 0.5) is 0 Å². The smallest absolute Gasteiger partial charge is 0.238 e. The van der Waals surface area contributed by atoms with Gasteiger partial charge in [-0.2, -0.15) is 0 Å². The molecule has 2 heterocycles. The Labute approximate surface area is 170 Å². The number of ether oxygens (including phenoxy) is 1. The van der Waals surface area contributed by atoms with Gasteiger partial charge in [0.2, 0.25) is 15.9 Å². The molecule has 2 bridgehead atoms. The number of amides is 1. The van der Waals surface area contributed by atoms with E-state index in [0.29, 0.717) is 35.9 Å². The summed E-state index contributed by atoms with van der Waals surface area (Å²) >= 11 is 1.56. The summed E-state index contributed by atoms with van der Waals surface area (Å²) in [5.41, 5.74) is 0. The Morgan fingerprint density at radius 1 is 1.22 bits per heavy atom. The summed E-state index contributed by atoms with van der Waals surface area (Å²) < 4.78 is 28.0. The summed E-state index contributed by atoms with van der Waals surface area (Å²) in [5.74, 6) is 1.94. The predicted molar refractivity (Wildman–Crippen MR) is 109 cm³/mol. The van der Waals surface area contributed by atoms with Crippen LogP contribution in [0.25, 0.3) is 0 Å². The molecule has 2 unspecified atom stereocenters. The highest BCUT2D eigenvalue weighted by molar-refractivity contribution is 7.99. The van der Waals surface area contributed by atoms with Crippen molar-refractivity contribution >= 4 is 40.1 Å². The van der Waals surface area contributed by atoms with Crippen LogP contribution in [0.15, 0.2) is 29.2 Å². The number of nitrogens with one attached hydrogen (secondary N) is 1. The Morgan fingerprint density at radius 3 is 2.63 bits per heavy atom. The van der Waals surface area contributed by atoms with Crippen LogP contribution >= 0.6 is 24.2 Å². The molecule has 10 heteroatoms. The number of rotatable bonds is 7. The number of nitrogens with two attached hydrogens (primary N) is 1. The van der Waals surface area contributed by atoms with Crippen LogP contribution in [0.3, 0.4) is 0 Å². The van der Waals surface area contributed by atoms with E-state index >= 15 is 0 Å². The maximum absolute atomic E-state index is 12.4. The minimum atomic E-state index is -3.68. The highest BCUT2D eigenvalue weighted by atomic mass is 35.5. The van der Waals surface area contributed by atoms with Crippen LogP contribution < -0.4 is 15.2 Å². The molecule has 0 saturated carbocycles. The third-order valence-electron chi connectivity index (χ3n) is 4.75. The quantitative estimate of drug-likeness (QED) is 0.624. The predicted octanol–water partition coefficient (Wildman–Crippen LogP) is 1.22. The molecule has 2 aliphatic rings. The van der Waals surface area contributed by atoms with Gasteiger partial charge in [-0.3, -0.25) is 4.79 Å². The minimum Gasteiger partial charge on any atom is -0.493 e. The largest absolute Gasteiger partial charge is 0.493 e. The average Bonchev–Trinajstić information content (AvgIpc) is 2.93. The van der Waals surface area contributed by atoms with Crippen LogP contribution in [0.2, 0.25) is 0 Å². The molecule has 0 radical (unpaired) electrons. The molecule has 152 valence electrons. The van der Waals surface area contributed by atoms with Crippen molar-refractivity contribution < 1.29 is 17.9 Å². The third-order valence-corrected chi connectivity index (χ3v) is 6.59. The highest BCUT2D eigenvalue weighted by Crippen LogP contribution is 2.21. The first kappa shape index (κ1) is 22.3. The Kier molecular flexibility index (Phi) is 8.23. The van der Waals surface area contributed by atoms with Crippen molar-refractivity contribution in [3.05, 3.63) is 24.3 Å². The van der Waals surface area contributed by atoms with Gasteiger partial charge in [0.15, 0.2) is 0 Å². The number of thioether (sulfide) groups is 1. The molecule has 0 aromatic heterocycles. The number of primary sulfonamides is 1. The maximum Gasteiger partial charge on any atom is 0.238 e. The third kappa shape index (κ3) is 6.53. The molecule has 1 amide bonds. The molecule has 0 aliphatic carbocycles. The van der Waals surface area contributed by atoms with E-state index in [4.69, 9.17) is 9.88 Å². The molecule has 3 N–H and O–H groups in total. The van der Waals surface area contributed by atoms with Gasteiger partial charge >= 0.3 is 0 Å². The van der Waals surface area contributed by atoms with Crippen LogP contribution in [0.5, 0.6) is 5.75 Å². The summed E-state index contributed by atoms with van der Waals surface area (Å²) in [7, 11) is -3.68. The second kappa shape index (κ2) is 9.97. The van der Waals surface area contributed by atoms with Crippen LogP contribution in [-0.4, -0.2) is 62.5 Å². The first-order valence-corrected chi connectivity index (χ1v) is 11.5. The van der Waals surface area contributed by atoms with Crippen molar-refractivity contribution in [3.8, 4) is 5.75 Å².